The van der Waals surface area contributed by atoms with Gasteiger partial charge < -0.3 is 20.6 Å². The van der Waals surface area contributed by atoms with E-state index >= 15 is 0 Å². The van der Waals surface area contributed by atoms with Gasteiger partial charge in [0.15, 0.2) is 5.82 Å². The Balaban J connectivity index is 1.43. The van der Waals surface area contributed by atoms with Gasteiger partial charge in [-0.2, -0.15) is 0 Å². The molecule has 1 aliphatic heterocycles. The summed E-state index contributed by atoms with van der Waals surface area (Å²) in [6.07, 6.45) is 5.81. The van der Waals surface area contributed by atoms with Gasteiger partial charge in [0.2, 0.25) is 0 Å². The molecule has 0 radical (unpaired) electrons. The minimum Gasteiger partial charge on any atom is -0.392 e. The first-order chi connectivity index (χ1) is 17.9. The van der Waals surface area contributed by atoms with Crippen LogP contribution in [0.4, 0.5) is 5.82 Å². The maximum Gasteiger partial charge on any atom is 0.297 e. The lowest BCUT2D eigenvalue weighted by molar-refractivity contribution is 0.0951. The zero-order valence-electron chi connectivity index (χ0n) is 21.4. The summed E-state index contributed by atoms with van der Waals surface area (Å²) in [5, 5.41) is 16.4. The summed E-state index contributed by atoms with van der Waals surface area (Å²) in [5.41, 5.74) is 2.89. The van der Waals surface area contributed by atoms with Gasteiger partial charge in [0, 0.05) is 43.6 Å². The first-order valence-electron chi connectivity index (χ1n) is 13.1. The number of aliphatic hydroxyl groups is 1. The highest BCUT2D eigenvalue weighted by molar-refractivity contribution is 5.95. The number of nitrogens with zero attached hydrogens (tertiary/aromatic N) is 3. The Morgan fingerprint density at radius 2 is 1.95 bits per heavy atom. The Morgan fingerprint density at radius 3 is 2.65 bits per heavy atom. The van der Waals surface area contributed by atoms with E-state index < -0.39 is 0 Å². The number of carbonyl (C=O) groups is 1. The number of benzene rings is 2. The van der Waals surface area contributed by atoms with Crippen LogP contribution in [0.25, 0.3) is 5.69 Å². The fourth-order valence-electron chi connectivity index (χ4n) is 5.06. The van der Waals surface area contributed by atoms with Gasteiger partial charge in [-0.3, -0.25) is 14.2 Å². The molecule has 1 aliphatic carbocycles. The summed E-state index contributed by atoms with van der Waals surface area (Å²) in [6, 6.07) is 15.6. The van der Waals surface area contributed by atoms with Crippen LogP contribution in [0.15, 0.2) is 65.7 Å². The number of aromatic nitrogens is 2. The lowest BCUT2D eigenvalue weighted by Crippen LogP contribution is -2.34. The number of carbonyl (C=O) groups excluding carboxylic acids is 1. The molecule has 0 bridgehead atoms. The van der Waals surface area contributed by atoms with E-state index in [9.17, 15) is 14.7 Å². The van der Waals surface area contributed by atoms with Crippen LogP contribution in [0.1, 0.15) is 53.7 Å². The van der Waals surface area contributed by atoms with Gasteiger partial charge in [0.25, 0.3) is 11.5 Å². The predicted molar refractivity (Wildman–Crippen MR) is 144 cm³/mol. The molecule has 0 unspecified atom stereocenters. The summed E-state index contributed by atoms with van der Waals surface area (Å²) in [4.78, 5) is 33.0. The lowest BCUT2D eigenvalue weighted by Gasteiger charge is -2.29. The van der Waals surface area contributed by atoms with Crippen molar-refractivity contribution in [3.8, 4) is 5.69 Å². The van der Waals surface area contributed by atoms with Crippen LogP contribution in [0.5, 0.6) is 0 Å². The highest BCUT2D eigenvalue weighted by Crippen LogP contribution is 2.27. The number of aliphatic hydroxyl groups excluding tert-OH is 1. The second kappa shape index (κ2) is 10.9. The number of β-amino-alcohol motifs (C(OH)–C–C–N with tert-alkyl or cyclic N) is 1. The second-order valence-corrected chi connectivity index (χ2v) is 10.4. The van der Waals surface area contributed by atoms with Gasteiger partial charge in [-0.05, 0) is 55.4 Å². The Bertz CT molecular complexity index is 1300. The Hall–Kier alpha value is -3.49. The number of amides is 1. The summed E-state index contributed by atoms with van der Waals surface area (Å²) in [5.74, 6) is 0.296. The van der Waals surface area contributed by atoms with Crippen molar-refractivity contribution < 1.29 is 9.90 Å². The SMILES string of the molecule is Cc1ccc(C(=O)NC2CC2)cc1-n1ccnc(N[C@@H](c2ccccc2)[C@H](C)CN2CC[C@H](O)C2)c1=O. The molecule has 3 aromatic rings. The number of anilines is 1. The third-order valence-electron chi connectivity index (χ3n) is 7.30. The number of hydrogen-bond acceptors (Lipinski definition) is 6. The van der Waals surface area contributed by atoms with E-state index in [0.29, 0.717) is 17.8 Å². The fraction of sp³-hybridized carbons (Fsp3) is 0.414. The van der Waals surface area contributed by atoms with E-state index in [2.05, 4.69) is 39.6 Å². The maximum absolute atomic E-state index is 13.7. The van der Waals surface area contributed by atoms with Crippen molar-refractivity contribution in [2.75, 3.05) is 25.0 Å². The average molecular weight is 502 g/mol. The zero-order chi connectivity index (χ0) is 25.9. The first kappa shape index (κ1) is 25.2. The molecule has 1 saturated carbocycles. The first-order valence-corrected chi connectivity index (χ1v) is 13.1. The monoisotopic (exact) mass is 501 g/mol. The highest BCUT2D eigenvalue weighted by atomic mass is 16.3. The third kappa shape index (κ3) is 5.92. The molecule has 0 spiro atoms. The third-order valence-corrected chi connectivity index (χ3v) is 7.30. The number of nitrogens with one attached hydrogen (secondary N) is 2. The molecule has 2 heterocycles. The van der Waals surface area contributed by atoms with E-state index in [1.165, 1.54) is 0 Å². The topological polar surface area (TPSA) is 99.5 Å². The molecular formula is C29H35N5O3. The molecule has 1 amide bonds. The molecule has 1 saturated heterocycles. The number of likely N-dealkylation sites (tertiary alicyclic amines) is 1. The van der Waals surface area contributed by atoms with Crippen molar-refractivity contribution in [3.63, 3.8) is 0 Å². The Morgan fingerprint density at radius 1 is 1.16 bits per heavy atom. The largest absolute Gasteiger partial charge is 0.392 e. The molecular weight excluding hydrogens is 466 g/mol. The summed E-state index contributed by atoms with van der Waals surface area (Å²) < 4.78 is 1.56. The van der Waals surface area contributed by atoms with Crippen LogP contribution in [0.3, 0.4) is 0 Å². The molecule has 2 aromatic carbocycles. The van der Waals surface area contributed by atoms with Gasteiger partial charge in [-0.1, -0.05) is 43.3 Å². The van der Waals surface area contributed by atoms with E-state index in [1.54, 1.807) is 29.1 Å². The quantitative estimate of drug-likeness (QED) is 0.416. The zero-order valence-corrected chi connectivity index (χ0v) is 21.4. The fourth-order valence-corrected chi connectivity index (χ4v) is 5.06. The van der Waals surface area contributed by atoms with Gasteiger partial charge in [0.1, 0.15) is 0 Å². The van der Waals surface area contributed by atoms with Crippen molar-refractivity contribution in [3.05, 3.63) is 88.0 Å². The lowest BCUT2D eigenvalue weighted by atomic mass is 9.94. The summed E-state index contributed by atoms with van der Waals surface area (Å²) in [6.45, 7) is 6.42. The summed E-state index contributed by atoms with van der Waals surface area (Å²) in [7, 11) is 0. The highest BCUT2D eigenvalue weighted by Gasteiger charge is 2.27. The molecule has 194 valence electrons. The molecule has 2 fully saturated rings. The standard InChI is InChI=1S/C29H35N5O3/c1-19-8-9-22(28(36)31-23-10-11-23)16-25(19)34-15-13-30-27(29(34)37)32-26(21-6-4-3-5-7-21)20(2)17-33-14-12-24(35)18-33/h3-9,13,15-16,20,23-24,26,35H,10-12,14,17-18H2,1-2H3,(H,30,32)(H,31,36)/t20-,24+,26-/m1/s1. The maximum atomic E-state index is 13.7. The molecule has 3 atom stereocenters. The normalized spacial score (nSPS) is 19.4. The van der Waals surface area contributed by atoms with Crippen molar-refractivity contribution >= 4 is 11.7 Å². The van der Waals surface area contributed by atoms with Gasteiger partial charge >= 0.3 is 0 Å². The van der Waals surface area contributed by atoms with E-state index in [1.807, 2.05) is 31.2 Å². The molecule has 5 rings (SSSR count). The van der Waals surface area contributed by atoms with Gasteiger partial charge in [0.05, 0.1) is 17.8 Å². The predicted octanol–water partition coefficient (Wildman–Crippen LogP) is 3.29. The molecule has 3 N–H and O–H groups in total. The van der Waals surface area contributed by atoms with Crippen LogP contribution in [-0.2, 0) is 0 Å². The molecule has 37 heavy (non-hydrogen) atoms. The minimum atomic E-state index is -0.274. The van der Waals surface area contributed by atoms with Gasteiger partial charge in [-0.15, -0.1) is 0 Å². The van der Waals surface area contributed by atoms with Crippen LogP contribution in [-0.4, -0.2) is 57.2 Å². The van der Waals surface area contributed by atoms with Crippen LogP contribution >= 0.6 is 0 Å². The van der Waals surface area contributed by atoms with E-state index in [0.717, 1.165) is 43.5 Å². The summed E-state index contributed by atoms with van der Waals surface area (Å²) >= 11 is 0. The van der Waals surface area contributed by atoms with Crippen molar-refractivity contribution in [2.24, 2.45) is 5.92 Å². The molecule has 8 nitrogen and oxygen atoms in total. The number of rotatable bonds is 9. The van der Waals surface area contributed by atoms with Crippen molar-refractivity contribution in [1.29, 1.82) is 0 Å². The van der Waals surface area contributed by atoms with Crippen molar-refractivity contribution in [1.82, 2.24) is 19.8 Å². The van der Waals surface area contributed by atoms with E-state index in [-0.39, 0.29) is 41.4 Å². The smallest absolute Gasteiger partial charge is 0.297 e. The minimum absolute atomic E-state index is 0.116. The second-order valence-electron chi connectivity index (χ2n) is 10.4. The number of hydrogen-bond donors (Lipinski definition) is 3. The Kier molecular flexibility index (Phi) is 7.39. The van der Waals surface area contributed by atoms with Crippen LogP contribution in [0.2, 0.25) is 0 Å². The Labute approximate surface area is 217 Å². The number of aryl methyl sites for hydroxylation is 1. The molecule has 2 aliphatic rings. The van der Waals surface area contributed by atoms with Crippen molar-refractivity contribution in [2.45, 2.75) is 51.3 Å². The van der Waals surface area contributed by atoms with E-state index in [4.69, 9.17) is 0 Å². The van der Waals surface area contributed by atoms with Gasteiger partial charge in [-0.25, -0.2) is 4.98 Å². The molecule has 8 heteroatoms. The van der Waals surface area contributed by atoms with Crippen LogP contribution in [0, 0.1) is 12.8 Å². The average Bonchev–Trinajstić information content (AvgIpc) is 3.62. The van der Waals surface area contributed by atoms with Crippen LogP contribution < -0.4 is 16.2 Å². The molecule has 1 aromatic heterocycles.